The minimum absolute atomic E-state index is 0.0891. The summed E-state index contributed by atoms with van der Waals surface area (Å²) in [5.74, 6) is 0.618. The maximum absolute atomic E-state index is 12.2. The summed E-state index contributed by atoms with van der Waals surface area (Å²) in [6.45, 7) is 3.46. The molecule has 0 aliphatic rings. The molecule has 2 aromatic rings. The third-order valence-electron chi connectivity index (χ3n) is 3.51. The van der Waals surface area contributed by atoms with Gasteiger partial charge < -0.3 is 15.8 Å². The number of benzene rings is 1. The summed E-state index contributed by atoms with van der Waals surface area (Å²) in [7, 11) is 1.90. The predicted octanol–water partition coefficient (Wildman–Crippen LogP) is 1.43. The maximum atomic E-state index is 12.2. The Balaban J connectivity index is 1.82. The number of nitrogens with zero attached hydrogens (tertiary/aromatic N) is 2. The number of ether oxygens (including phenoxy) is 1. The molecule has 23 heavy (non-hydrogen) atoms. The minimum atomic E-state index is -0.0891. The van der Waals surface area contributed by atoms with Crippen LogP contribution in [-0.4, -0.2) is 35.4 Å². The van der Waals surface area contributed by atoms with E-state index < -0.39 is 0 Å². The highest BCUT2D eigenvalue weighted by Gasteiger charge is 2.08. The van der Waals surface area contributed by atoms with Crippen LogP contribution in [-0.2, 0) is 13.5 Å². The van der Waals surface area contributed by atoms with Crippen molar-refractivity contribution in [2.45, 2.75) is 19.8 Å². The highest BCUT2D eigenvalue weighted by atomic mass is 16.5. The second-order valence-corrected chi connectivity index (χ2v) is 5.50. The lowest BCUT2D eigenvalue weighted by atomic mass is 10.1. The molecule has 0 saturated carbocycles. The molecule has 124 valence electrons. The molecule has 6 nitrogen and oxygen atoms in total. The van der Waals surface area contributed by atoms with Gasteiger partial charge in [-0.15, -0.1) is 0 Å². The molecule has 0 aliphatic heterocycles. The number of aromatic nitrogens is 2. The third kappa shape index (κ3) is 5.10. The molecule has 1 heterocycles. The normalized spacial score (nSPS) is 10.6. The first-order valence-electron chi connectivity index (χ1n) is 7.79. The van der Waals surface area contributed by atoms with Crippen LogP contribution in [0.2, 0.25) is 0 Å². The standard InChI is InChI=1S/C17H24N4O2/c1-13-5-6-15(10-16(13)23-9-7-18)17(22)19-8-3-4-14-11-20-21(2)12-14/h5-6,10-12H,3-4,7-9,18H2,1-2H3,(H,19,22). The summed E-state index contributed by atoms with van der Waals surface area (Å²) in [6.07, 6.45) is 5.61. The van der Waals surface area contributed by atoms with Crippen molar-refractivity contribution in [2.24, 2.45) is 12.8 Å². The monoisotopic (exact) mass is 316 g/mol. The molecule has 3 N–H and O–H groups in total. The van der Waals surface area contributed by atoms with Crippen molar-refractivity contribution in [3.63, 3.8) is 0 Å². The molecule has 0 saturated heterocycles. The smallest absolute Gasteiger partial charge is 0.251 e. The van der Waals surface area contributed by atoms with E-state index in [1.807, 2.05) is 32.4 Å². The fourth-order valence-electron chi connectivity index (χ4n) is 2.26. The van der Waals surface area contributed by atoms with E-state index in [9.17, 15) is 4.79 Å². The Morgan fingerprint density at radius 2 is 2.26 bits per heavy atom. The van der Waals surface area contributed by atoms with E-state index in [0.717, 1.165) is 18.4 Å². The average molecular weight is 316 g/mol. The Morgan fingerprint density at radius 3 is 2.96 bits per heavy atom. The number of nitrogens with two attached hydrogens (primary N) is 1. The SMILES string of the molecule is Cc1ccc(C(=O)NCCCc2cnn(C)c2)cc1OCCN. The quantitative estimate of drug-likeness (QED) is 0.722. The summed E-state index contributed by atoms with van der Waals surface area (Å²) in [5, 5.41) is 7.06. The van der Waals surface area contributed by atoms with Crippen LogP contribution in [0.3, 0.4) is 0 Å². The first-order valence-corrected chi connectivity index (χ1v) is 7.79. The number of carbonyl (C=O) groups is 1. The van der Waals surface area contributed by atoms with Crippen LogP contribution in [0.25, 0.3) is 0 Å². The van der Waals surface area contributed by atoms with Crippen LogP contribution in [0.15, 0.2) is 30.6 Å². The van der Waals surface area contributed by atoms with Crippen LogP contribution in [0.1, 0.15) is 27.9 Å². The fraction of sp³-hybridized carbons (Fsp3) is 0.412. The van der Waals surface area contributed by atoms with Crippen molar-refractivity contribution in [2.75, 3.05) is 19.7 Å². The van der Waals surface area contributed by atoms with Gasteiger partial charge in [0, 0.05) is 31.9 Å². The van der Waals surface area contributed by atoms with Gasteiger partial charge in [0.05, 0.1) is 6.20 Å². The van der Waals surface area contributed by atoms with Crippen LogP contribution in [0.5, 0.6) is 5.75 Å². The Morgan fingerprint density at radius 1 is 1.43 bits per heavy atom. The predicted molar refractivity (Wildman–Crippen MR) is 89.6 cm³/mol. The van der Waals surface area contributed by atoms with E-state index in [1.54, 1.807) is 16.8 Å². The lowest BCUT2D eigenvalue weighted by Crippen LogP contribution is -2.24. The van der Waals surface area contributed by atoms with Crippen molar-refractivity contribution in [1.29, 1.82) is 0 Å². The largest absolute Gasteiger partial charge is 0.492 e. The lowest BCUT2D eigenvalue weighted by molar-refractivity contribution is 0.0952. The summed E-state index contributed by atoms with van der Waals surface area (Å²) < 4.78 is 7.33. The van der Waals surface area contributed by atoms with Crippen LogP contribution in [0.4, 0.5) is 0 Å². The third-order valence-corrected chi connectivity index (χ3v) is 3.51. The molecule has 0 spiro atoms. The zero-order valence-electron chi connectivity index (χ0n) is 13.7. The lowest BCUT2D eigenvalue weighted by Gasteiger charge is -2.10. The molecule has 0 aliphatic carbocycles. The molecule has 1 amide bonds. The number of amides is 1. The molecule has 1 aromatic heterocycles. The van der Waals surface area contributed by atoms with E-state index in [4.69, 9.17) is 10.5 Å². The molecule has 2 rings (SSSR count). The first kappa shape index (κ1) is 17.0. The van der Waals surface area contributed by atoms with E-state index in [-0.39, 0.29) is 5.91 Å². The number of rotatable bonds is 8. The fourth-order valence-corrected chi connectivity index (χ4v) is 2.26. The van der Waals surface area contributed by atoms with Gasteiger partial charge in [-0.05, 0) is 43.0 Å². The van der Waals surface area contributed by atoms with Gasteiger partial charge in [0.15, 0.2) is 0 Å². The Labute approximate surface area is 136 Å². The topological polar surface area (TPSA) is 82.2 Å². The van der Waals surface area contributed by atoms with E-state index in [2.05, 4.69) is 10.4 Å². The second-order valence-electron chi connectivity index (χ2n) is 5.50. The number of aryl methyl sites for hydroxylation is 3. The second kappa shape index (κ2) is 8.33. The molecular formula is C17H24N4O2. The number of hydrogen-bond donors (Lipinski definition) is 2. The zero-order chi connectivity index (χ0) is 16.7. The van der Waals surface area contributed by atoms with Crippen LogP contribution in [0, 0.1) is 6.92 Å². The van der Waals surface area contributed by atoms with Crippen molar-refractivity contribution >= 4 is 5.91 Å². The maximum Gasteiger partial charge on any atom is 0.251 e. The molecule has 0 radical (unpaired) electrons. The van der Waals surface area contributed by atoms with Crippen LogP contribution >= 0.6 is 0 Å². The summed E-state index contributed by atoms with van der Waals surface area (Å²) in [4.78, 5) is 12.2. The van der Waals surface area contributed by atoms with Gasteiger partial charge in [0.25, 0.3) is 5.91 Å². The Kier molecular flexibility index (Phi) is 6.17. The van der Waals surface area contributed by atoms with Crippen LogP contribution < -0.4 is 15.8 Å². The molecule has 6 heteroatoms. The molecule has 0 bridgehead atoms. The highest BCUT2D eigenvalue weighted by Crippen LogP contribution is 2.19. The van der Waals surface area contributed by atoms with Gasteiger partial charge in [0.2, 0.25) is 0 Å². The van der Waals surface area contributed by atoms with E-state index in [0.29, 0.717) is 31.0 Å². The Hall–Kier alpha value is -2.34. The molecule has 0 atom stereocenters. The summed E-state index contributed by atoms with van der Waals surface area (Å²) in [5.41, 5.74) is 8.21. The van der Waals surface area contributed by atoms with E-state index >= 15 is 0 Å². The van der Waals surface area contributed by atoms with Crippen molar-refractivity contribution < 1.29 is 9.53 Å². The Bertz CT molecular complexity index is 652. The van der Waals surface area contributed by atoms with Crippen molar-refractivity contribution in [3.05, 3.63) is 47.3 Å². The minimum Gasteiger partial charge on any atom is -0.492 e. The first-order chi connectivity index (χ1) is 11.1. The molecule has 1 aromatic carbocycles. The number of carbonyl (C=O) groups excluding carboxylic acids is 1. The van der Waals surface area contributed by atoms with Crippen molar-refractivity contribution in [1.82, 2.24) is 15.1 Å². The van der Waals surface area contributed by atoms with E-state index in [1.165, 1.54) is 5.56 Å². The average Bonchev–Trinajstić information content (AvgIpc) is 2.96. The van der Waals surface area contributed by atoms with Gasteiger partial charge in [-0.25, -0.2) is 0 Å². The van der Waals surface area contributed by atoms with Gasteiger partial charge in [0.1, 0.15) is 12.4 Å². The summed E-state index contributed by atoms with van der Waals surface area (Å²) in [6, 6.07) is 5.46. The molecule has 0 fully saturated rings. The van der Waals surface area contributed by atoms with Gasteiger partial charge in [-0.2, -0.15) is 5.10 Å². The molecule has 0 unspecified atom stereocenters. The summed E-state index contributed by atoms with van der Waals surface area (Å²) >= 11 is 0. The number of nitrogens with one attached hydrogen (secondary N) is 1. The van der Waals surface area contributed by atoms with Crippen molar-refractivity contribution in [3.8, 4) is 5.75 Å². The number of hydrogen-bond acceptors (Lipinski definition) is 4. The van der Waals surface area contributed by atoms with Gasteiger partial charge in [-0.3, -0.25) is 9.48 Å². The highest BCUT2D eigenvalue weighted by molar-refractivity contribution is 5.94. The van der Waals surface area contributed by atoms with Gasteiger partial charge >= 0.3 is 0 Å². The van der Waals surface area contributed by atoms with Gasteiger partial charge in [-0.1, -0.05) is 6.07 Å². The zero-order valence-corrected chi connectivity index (χ0v) is 13.7. The molecular weight excluding hydrogens is 292 g/mol.